The Labute approximate surface area is 141 Å². The number of nitrogens with zero attached hydrogens (tertiary/aromatic N) is 2. The Balaban J connectivity index is 1.88. The highest BCUT2D eigenvalue weighted by Crippen LogP contribution is 2.10. The lowest BCUT2D eigenvalue weighted by molar-refractivity contribution is 0.0948. The largest absolute Gasteiger partial charge is 0.350 e. The lowest BCUT2D eigenvalue weighted by Gasteiger charge is -2.07. The van der Waals surface area contributed by atoms with Gasteiger partial charge in [0.25, 0.3) is 5.91 Å². The maximum absolute atomic E-state index is 11.9. The van der Waals surface area contributed by atoms with Crippen LogP contribution in [0.5, 0.6) is 0 Å². The van der Waals surface area contributed by atoms with Crippen molar-refractivity contribution < 1.29 is 13.2 Å². The number of benzene rings is 1. The van der Waals surface area contributed by atoms with Crippen LogP contribution in [0.3, 0.4) is 0 Å². The molecule has 1 aromatic heterocycles. The van der Waals surface area contributed by atoms with Gasteiger partial charge in [0.15, 0.2) is 0 Å². The smallest absolute Gasteiger partial charge is 0.271 e. The molecule has 1 amide bonds. The molecular formula is C16H20N4O3S. The zero-order valence-electron chi connectivity index (χ0n) is 13.6. The van der Waals surface area contributed by atoms with Gasteiger partial charge in [0.05, 0.1) is 16.8 Å². The Morgan fingerprint density at radius 1 is 1.12 bits per heavy atom. The van der Waals surface area contributed by atoms with E-state index in [0.29, 0.717) is 19.5 Å². The molecule has 8 heteroatoms. The fourth-order valence-electron chi connectivity index (χ4n) is 2.03. The predicted molar refractivity (Wildman–Crippen MR) is 90.1 cm³/mol. The van der Waals surface area contributed by atoms with Crippen LogP contribution in [0.2, 0.25) is 0 Å². The third-order valence-electron chi connectivity index (χ3n) is 3.28. The van der Waals surface area contributed by atoms with Crippen molar-refractivity contribution in [3.8, 4) is 0 Å². The first-order valence-electron chi connectivity index (χ1n) is 7.58. The molecule has 0 fully saturated rings. The number of carbonyl (C=O) groups is 1. The molecule has 2 rings (SSSR count). The summed E-state index contributed by atoms with van der Waals surface area (Å²) < 4.78 is 26.1. The second kappa shape index (κ2) is 7.98. The van der Waals surface area contributed by atoms with Crippen molar-refractivity contribution in [1.29, 1.82) is 0 Å². The highest BCUT2D eigenvalue weighted by molar-refractivity contribution is 7.89. The maximum atomic E-state index is 11.9. The third kappa shape index (κ3) is 4.84. The molecule has 0 bridgehead atoms. The minimum absolute atomic E-state index is 0.229. The normalized spacial score (nSPS) is 11.2. The summed E-state index contributed by atoms with van der Waals surface area (Å²) in [5, 5.41) is 2.76. The van der Waals surface area contributed by atoms with Crippen LogP contribution >= 0.6 is 0 Å². The first-order chi connectivity index (χ1) is 11.4. The molecule has 0 radical (unpaired) electrons. The Morgan fingerprint density at radius 2 is 1.83 bits per heavy atom. The number of carbonyl (C=O) groups excluding carboxylic acids is 1. The van der Waals surface area contributed by atoms with E-state index in [0.717, 1.165) is 11.3 Å². The molecule has 128 valence electrons. The average molecular weight is 348 g/mol. The van der Waals surface area contributed by atoms with E-state index in [2.05, 4.69) is 20.0 Å². The Morgan fingerprint density at radius 3 is 2.42 bits per heavy atom. The third-order valence-corrected chi connectivity index (χ3v) is 4.84. The summed E-state index contributed by atoms with van der Waals surface area (Å²) in [5.41, 5.74) is 1.95. The zero-order valence-corrected chi connectivity index (χ0v) is 14.4. The van der Waals surface area contributed by atoms with Crippen molar-refractivity contribution in [2.45, 2.75) is 25.2 Å². The van der Waals surface area contributed by atoms with E-state index < -0.39 is 10.0 Å². The summed E-state index contributed by atoms with van der Waals surface area (Å²) in [5.74, 6) is -0.283. The molecule has 0 saturated heterocycles. The standard InChI is InChI=1S/C16H20N4O3S/c1-3-20-24(22,23)14-6-4-13(5-7-14)8-9-17-16(21)15-11-18-12(2)10-19-15/h4-7,10-11,20H,3,8-9H2,1-2H3,(H,17,21). The number of rotatable bonds is 7. The van der Waals surface area contributed by atoms with E-state index in [-0.39, 0.29) is 16.5 Å². The first-order valence-corrected chi connectivity index (χ1v) is 9.06. The molecule has 0 aliphatic carbocycles. The van der Waals surface area contributed by atoms with Gasteiger partial charge in [-0.2, -0.15) is 0 Å². The van der Waals surface area contributed by atoms with Gasteiger partial charge < -0.3 is 5.32 Å². The molecule has 24 heavy (non-hydrogen) atoms. The van der Waals surface area contributed by atoms with Crippen LogP contribution < -0.4 is 10.0 Å². The van der Waals surface area contributed by atoms with Crippen molar-refractivity contribution in [3.63, 3.8) is 0 Å². The Bertz CT molecular complexity index is 787. The number of aromatic nitrogens is 2. The molecule has 2 aromatic rings. The van der Waals surface area contributed by atoms with Crippen molar-refractivity contribution in [2.24, 2.45) is 0 Å². The number of nitrogens with one attached hydrogen (secondary N) is 2. The highest BCUT2D eigenvalue weighted by atomic mass is 32.2. The van der Waals surface area contributed by atoms with Crippen LogP contribution in [-0.4, -0.2) is 37.4 Å². The molecule has 0 spiro atoms. The summed E-state index contributed by atoms with van der Waals surface area (Å²) >= 11 is 0. The van der Waals surface area contributed by atoms with E-state index in [1.165, 1.54) is 6.20 Å². The fourth-order valence-corrected chi connectivity index (χ4v) is 3.07. The molecule has 1 heterocycles. The fraction of sp³-hybridized carbons (Fsp3) is 0.312. The van der Waals surface area contributed by atoms with Gasteiger partial charge in [0.1, 0.15) is 5.69 Å². The molecule has 0 unspecified atom stereocenters. The van der Waals surface area contributed by atoms with Crippen LogP contribution in [0, 0.1) is 6.92 Å². The van der Waals surface area contributed by atoms with E-state index in [1.807, 2.05) is 0 Å². The van der Waals surface area contributed by atoms with Gasteiger partial charge in [-0.15, -0.1) is 0 Å². The summed E-state index contributed by atoms with van der Waals surface area (Å²) in [4.78, 5) is 20.2. The average Bonchev–Trinajstić information content (AvgIpc) is 2.56. The van der Waals surface area contributed by atoms with E-state index in [9.17, 15) is 13.2 Å². The number of amides is 1. The number of hydrogen-bond acceptors (Lipinski definition) is 5. The van der Waals surface area contributed by atoms with Gasteiger partial charge in [-0.25, -0.2) is 18.1 Å². The maximum Gasteiger partial charge on any atom is 0.271 e. The number of aryl methyl sites for hydroxylation is 1. The summed E-state index contributed by atoms with van der Waals surface area (Å²) in [6, 6.07) is 6.59. The molecule has 2 N–H and O–H groups in total. The van der Waals surface area contributed by atoms with Crippen molar-refractivity contribution >= 4 is 15.9 Å². The summed E-state index contributed by atoms with van der Waals surface area (Å²) in [7, 11) is -3.44. The van der Waals surface area contributed by atoms with Crippen LogP contribution in [-0.2, 0) is 16.4 Å². The molecule has 0 aliphatic heterocycles. The summed E-state index contributed by atoms with van der Waals surface area (Å²) in [6.45, 7) is 4.30. The molecule has 0 aliphatic rings. The Kier molecular flexibility index (Phi) is 5.99. The molecular weight excluding hydrogens is 328 g/mol. The van der Waals surface area contributed by atoms with E-state index in [1.54, 1.807) is 44.3 Å². The number of hydrogen-bond donors (Lipinski definition) is 2. The van der Waals surface area contributed by atoms with Crippen LogP contribution in [0.15, 0.2) is 41.6 Å². The van der Waals surface area contributed by atoms with Crippen LogP contribution in [0.1, 0.15) is 28.7 Å². The predicted octanol–water partition coefficient (Wildman–Crippen LogP) is 1.06. The van der Waals surface area contributed by atoms with Crippen molar-refractivity contribution in [3.05, 3.63) is 53.6 Å². The molecule has 0 atom stereocenters. The van der Waals surface area contributed by atoms with Gasteiger partial charge >= 0.3 is 0 Å². The van der Waals surface area contributed by atoms with Crippen molar-refractivity contribution in [2.75, 3.05) is 13.1 Å². The second-order valence-corrected chi connectivity index (χ2v) is 6.96. The number of sulfonamides is 1. The van der Waals surface area contributed by atoms with Gasteiger partial charge in [0.2, 0.25) is 10.0 Å². The van der Waals surface area contributed by atoms with Gasteiger partial charge in [-0.3, -0.25) is 9.78 Å². The monoisotopic (exact) mass is 348 g/mol. The van der Waals surface area contributed by atoms with Gasteiger partial charge in [-0.05, 0) is 31.0 Å². The van der Waals surface area contributed by atoms with Gasteiger partial charge in [-0.1, -0.05) is 19.1 Å². The lowest BCUT2D eigenvalue weighted by Crippen LogP contribution is -2.26. The van der Waals surface area contributed by atoms with Crippen LogP contribution in [0.4, 0.5) is 0 Å². The molecule has 1 aromatic carbocycles. The minimum atomic E-state index is -3.44. The van der Waals surface area contributed by atoms with Crippen LogP contribution in [0.25, 0.3) is 0 Å². The quantitative estimate of drug-likeness (QED) is 0.779. The van der Waals surface area contributed by atoms with E-state index >= 15 is 0 Å². The van der Waals surface area contributed by atoms with E-state index in [4.69, 9.17) is 0 Å². The topological polar surface area (TPSA) is 101 Å². The molecule has 7 nitrogen and oxygen atoms in total. The minimum Gasteiger partial charge on any atom is -0.350 e. The Hall–Kier alpha value is -2.32. The zero-order chi connectivity index (χ0) is 17.6. The first kappa shape index (κ1) is 18.0. The second-order valence-electron chi connectivity index (χ2n) is 5.19. The lowest BCUT2D eigenvalue weighted by atomic mass is 10.1. The highest BCUT2D eigenvalue weighted by Gasteiger charge is 2.12. The SMILES string of the molecule is CCNS(=O)(=O)c1ccc(CCNC(=O)c2cnc(C)cn2)cc1. The summed E-state index contributed by atoms with van der Waals surface area (Å²) in [6.07, 6.45) is 3.57. The van der Waals surface area contributed by atoms with Gasteiger partial charge in [0, 0.05) is 19.3 Å². The molecule has 0 saturated carbocycles. The van der Waals surface area contributed by atoms with Crippen molar-refractivity contribution in [1.82, 2.24) is 20.0 Å².